The van der Waals surface area contributed by atoms with Crippen LogP contribution in [-0.2, 0) is 6.18 Å². The van der Waals surface area contributed by atoms with Crippen molar-refractivity contribution in [2.24, 2.45) is 4.99 Å². The molecular weight excluding hydrogens is 425 g/mol. The largest absolute Gasteiger partial charge is 0.494 e. The molecule has 1 aliphatic carbocycles. The van der Waals surface area contributed by atoms with Gasteiger partial charge in [-0.15, -0.1) is 0 Å². The maximum atomic E-state index is 13.4. The minimum Gasteiger partial charge on any atom is -0.494 e. The molecule has 4 N–H and O–H groups in total. The van der Waals surface area contributed by atoms with Crippen LogP contribution in [0.5, 0.6) is 11.8 Å². The van der Waals surface area contributed by atoms with E-state index in [2.05, 4.69) is 25.4 Å². The van der Waals surface area contributed by atoms with Gasteiger partial charge in [-0.2, -0.15) is 22.8 Å². The number of anilines is 2. The van der Waals surface area contributed by atoms with E-state index in [4.69, 9.17) is 0 Å². The molecule has 11 heteroatoms. The smallest absolute Gasteiger partial charge is 0.418 e. The van der Waals surface area contributed by atoms with Crippen molar-refractivity contribution >= 4 is 23.2 Å². The molecule has 4 aromatic rings. The number of aromatic hydroxyl groups is 2. The van der Waals surface area contributed by atoms with Crippen molar-refractivity contribution < 1.29 is 23.4 Å². The van der Waals surface area contributed by atoms with Gasteiger partial charge in [-0.1, -0.05) is 12.1 Å². The van der Waals surface area contributed by atoms with Crippen LogP contribution < -0.4 is 16.0 Å². The molecule has 1 fully saturated rings. The number of nitrogens with zero attached hydrogens (tertiary/aromatic N) is 4. The Morgan fingerprint density at radius 1 is 1.19 bits per heavy atom. The van der Waals surface area contributed by atoms with Crippen LogP contribution >= 0.6 is 0 Å². The van der Waals surface area contributed by atoms with Crippen molar-refractivity contribution in [3.63, 3.8) is 0 Å². The monoisotopic (exact) mass is 442 g/mol. The van der Waals surface area contributed by atoms with E-state index >= 15 is 0 Å². The predicted octanol–water partition coefficient (Wildman–Crippen LogP) is 2.84. The first-order valence-electron chi connectivity index (χ1n) is 9.76. The maximum Gasteiger partial charge on any atom is 0.418 e. The van der Waals surface area contributed by atoms with Crippen LogP contribution in [-0.4, -0.2) is 35.8 Å². The average Bonchev–Trinajstić information content (AvgIpc) is 3.36. The fraction of sp³-hybridized carbons (Fsp3) is 0.190. The van der Waals surface area contributed by atoms with Crippen LogP contribution in [0.25, 0.3) is 11.7 Å². The van der Waals surface area contributed by atoms with Crippen molar-refractivity contribution in [2.75, 3.05) is 5.32 Å². The number of fused-ring (bicyclic) bond motifs is 1. The Bertz CT molecular complexity index is 1440. The first-order chi connectivity index (χ1) is 15.3. The summed E-state index contributed by atoms with van der Waals surface area (Å²) in [5.41, 5.74) is 0.146. The molecule has 0 aliphatic heterocycles. The standard InChI is InChI=1S/C21H17F3N6O2/c22-21(23,24)14-3-1-2-4-15(14)27-16-9-17(26-13-5-6-13)30-19(28-16)12(10-25-30)7-11-8-18(31)29-20(11)32/h1-4,7-10,13,27,29,31-32H,5-6H2. The second-order valence-electron chi connectivity index (χ2n) is 7.47. The SMILES string of the molecule is Oc1cc(C=c2cnn3c(=NC4CC4)cc(Nc4ccccc4C(F)(F)F)nc23)c(O)[nH]1. The summed E-state index contributed by atoms with van der Waals surface area (Å²) in [5.74, 6) is -0.281. The van der Waals surface area contributed by atoms with Gasteiger partial charge in [-0.3, -0.25) is 9.98 Å². The van der Waals surface area contributed by atoms with E-state index in [0.717, 1.165) is 18.9 Å². The van der Waals surface area contributed by atoms with Gasteiger partial charge in [0.25, 0.3) is 0 Å². The van der Waals surface area contributed by atoms with Crippen LogP contribution in [0, 0.1) is 0 Å². The number of para-hydroxylation sites is 1. The van der Waals surface area contributed by atoms with Crippen LogP contribution in [0.4, 0.5) is 24.7 Å². The van der Waals surface area contributed by atoms with Gasteiger partial charge in [-0.25, -0.2) is 4.98 Å². The zero-order chi connectivity index (χ0) is 22.5. The zero-order valence-electron chi connectivity index (χ0n) is 16.4. The lowest BCUT2D eigenvalue weighted by Crippen LogP contribution is -2.20. The number of aromatic nitrogens is 4. The number of rotatable bonds is 4. The first-order valence-corrected chi connectivity index (χ1v) is 9.76. The third kappa shape index (κ3) is 3.84. The van der Waals surface area contributed by atoms with Gasteiger partial charge in [0.2, 0.25) is 0 Å². The van der Waals surface area contributed by atoms with Gasteiger partial charge < -0.3 is 15.5 Å². The molecule has 8 nitrogen and oxygen atoms in total. The van der Waals surface area contributed by atoms with E-state index in [0.29, 0.717) is 21.9 Å². The molecule has 0 bridgehead atoms. The molecule has 0 radical (unpaired) electrons. The number of H-pyrrole nitrogens is 1. The molecule has 3 heterocycles. The lowest BCUT2D eigenvalue weighted by atomic mass is 10.1. The maximum absolute atomic E-state index is 13.4. The predicted molar refractivity (Wildman–Crippen MR) is 109 cm³/mol. The molecule has 3 aromatic heterocycles. The van der Waals surface area contributed by atoms with Crippen LogP contribution in [0.15, 0.2) is 47.6 Å². The highest BCUT2D eigenvalue weighted by atomic mass is 19.4. The quantitative estimate of drug-likeness (QED) is 0.389. The van der Waals surface area contributed by atoms with E-state index in [1.807, 2.05) is 0 Å². The van der Waals surface area contributed by atoms with E-state index in [-0.39, 0.29) is 29.3 Å². The molecule has 0 unspecified atom stereocenters. The van der Waals surface area contributed by atoms with Crippen molar-refractivity contribution in [2.45, 2.75) is 25.1 Å². The minimum absolute atomic E-state index is 0.132. The summed E-state index contributed by atoms with van der Waals surface area (Å²) < 4.78 is 41.7. The molecule has 1 saturated carbocycles. The average molecular weight is 442 g/mol. The Kier molecular flexibility index (Phi) is 4.54. The molecule has 32 heavy (non-hydrogen) atoms. The number of hydrogen-bond donors (Lipinski definition) is 4. The Hall–Kier alpha value is -4.02. The Balaban J connectivity index is 1.67. The second-order valence-corrected chi connectivity index (χ2v) is 7.47. The summed E-state index contributed by atoms with van der Waals surface area (Å²) in [6, 6.07) is 8.17. The van der Waals surface area contributed by atoms with Crippen molar-refractivity contribution in [1.82, 2.24) is 19.6 Å². The molecule has 0 spiro atoms. The fourth-order valence-electron chi connectivity index (χ4n) is 3.31. The van der Waals surface area contributed by atoms with Gasteiger partial charge in [0.05, 0.1) is 23.5 Å². The number of alkyl halides is 3. The molecule has 164 valence electrons. The number of halogens is 3. The Morgan fingerprint density at radius 2 is 1.97 bits per heavy atom. The van der Waals surface area contributed by atoms with Crippen LogP contribution in [0.3, 0.4) is 0 Å². The van der Waals surface area contributed by atoms with Gasteiger partial charge >= 0.3 is 6.18 Å². The third-order valence-corrected chi connectivity index (χ3v) is 4.96. The third-order valence-electron chi connectivity index (χ3n) is 4.96. The van der Waals surface area contributed by atoms with Crippen LogP contribution in [0.2, 0.25) is 0 Å². The molecule has 5 rings (SSSR count). The lowest BCUT2D eigenvalue weighted by molar-refractivity contribution is -0.136. The fourth-order valence-corrected chi connectivity index (χ4v) is 3.31. The van der Waals surface area contributed by atoms with Crippen molar-refractivity contribution in [3.05, 3.63) is 64.4 Å². The molecule has 1 aliphatic rings. The first kappa shape index (κ1) is 19.9. The number of aromatic amines is 1. The van der Waals surface area contributed by atoms with Crippen molar-refractivity contribution in [1.29, 1.82) is 0 Å². The normalized spacial score (nSPS) is 15.6. The van der Waals surface area contributed by atoms with Gasteiger partial charge in [0, 0.05) is 22.9 Å². The van der Waals surface area contributed by atoms with Gasteiger partial charge in [-0.05, 0) is 31.1 Å². The van der Waals surface area contributed by atoms with E-state index < -0.39 is 11.7 Å². The van der Waals surface area contributed by atoms with E-state index in [9.17, 15) is 23.4 Å². The summed E-state index contributed by atoms with van der Waals surface area (Å²) in [5, 5.41) is 27.0. The highest BCUT2D eigenvalue weighted by Crippen LogP contribution is 2.35. The summed E-state index contributed by atoms with van der Waals surface area (Å²) in [6.45, 7) is 0. The molecular formula is C21H17F3N6O2. The summed E-state index contributed by atoms with van der Waals surface area (Å²) in [4.78, 5) is 11.4. The number of hydrogen-bond acceptors (Lipinski definition) is 6. The lowest BCUT2D eigenvalue weighted by Gasteiger charge is -2.14. The van der Waals surface area contributed by atoms with Crippen LogP contribution in [0.1, 0.15) is 24.0 Å². The molecule has 0 saturated heterocycles. The highest BCUT2D eigenvalue weighted by molar-refractivity contribution is 5.65. The Labute approximate surface area is 178 Å². The molecule has 0 amide bonds. The summed E-state index contributed by atoms with van der Waals surface area (Å²) in [7, 11) is 0. The van der Waals surface area contributed by atoms with E-state index in [1.54, 1.807) is 12.1 Å². The number of benzene rings is 1. The highest BCUT2D eigenvalue weighted by Gasteiger charge is 2.33. The molecule has 0 atom stereocenters. The van der Waals surface area contributed by atoms with Crippen molar-refractivity contribution in [3.8, 4) is 11.8 Å². The molecule has 1 aromatic carbocycles. The zero-order valence-corrected chi connectivity index (χ0v) is 16.4. The minimum atomic E-state index is -4.53. The topological polar surface area (TPSA) is 111 Å². The van der Waals surface area contributed by atoms with Gasteiger partial charge in [0.15, 0.2) is 22.9 Å². The van der Waals surface area contributed by atoms with Gasteiger partial charge in [0.1, 0.15) is 5.82 Å². The second kappa shape index (κ2) is 7.29. The number of nitrogens with one attached hydrogen (secondary N) is 2. The summed E-state index contributed by atoms with van der Waals surface area (Å²) in [6.07, 6.45) is 0.388. The van der Waals surface area contributed by atoms with E-state index in [1.165, 1.54) is 35.0 Å². The Morgan fingerprint density at radius 3 is 2.66 bits per heavy atom. The summed E-state index contributed by atoms with van der Waals surface area (Å²) >= 11 is 0.